The second-order valence-corrected chi connectivity index (χ2v) is 7.80. The summed E-state index contributed by atoms with van der Waals surface area (Å²) in [6.07, 6.45) is -0.628. The highest BCUT2D eigenvalue weighted by molar-refractivity contribution is 7.20. The molecule has 0 aliphatic carbocycles. The number of carbonyl (C=O) groups is 1. The van der Waals surface area contributed by atoms with E-state index in [1.54, 1.807) is 13.8 Å². The molecule has 0 aliphatic rings. The van der Waals surface area contributed by atoms with Gasteiger partial charge in [-0.15, -0.1) is 11.3 Å². The molecule has 2 heterocycles. The van der Waals surface area contributed by atoms with E-state index in [-0.39, 0.29) is 24.8 Å². The van der Waals surface area contributed by atoms with Crippen LogP contribution in [0.2, 0.25) is 0 Å². The fourth-order valence-corrected chi connectivity index (χ4v) is 3.98. The van der Waals surface area contributed by atoms with E-state index in [9.17, 15) is 14.7 Å². The topological polar surface area (TPSA) is 105 Å². The summed E-state index contributed by atoms with van der Waals surface area (Å²) in [6.45, 7) is 11.2. The summed E-state index contributed by atoms with van der Waals surface area (Å²) < 4.78 is 10.3. The van der Waals surface area contributed by atoms with E-state index in [4.69, 9.17) is 9.47 Å². The number of hydrogen-bond acceptors (Lipinski definition) is 8. The zero-order valence-corrected chi connectivity index (χ0v) is 17.9. The van der Waals surface area contributed by atoms with E-state index in [0.29, 0.717) is 46.2 Å². The number of hydrogen-bond donors (Lipinski definition) is 2. The fourth-order valence-electron chi connectivity index (χ4n) is 2.88. The van der Waals surface area contributed by atoms with Gasteiger partial charge < -0.3 is 19.6 Å². The Labute approximate surface area is 168 Å². The van der Waals surface area contributed by atoms with Gasteiger partial charge in [-0.3, -0.25) is 9.69 Å². The van der Waals surface area contributed by atoms with Crippen LogP contribution in [0.3, 0.4) is 0 Å². The molecule has 2 rings (SSSR count). The van der Waals surface area contributed by atoms with Gasteiger partial charge >= 0.3 is 5.97 Å². The van der Waals surface area contributed by atoms with Crippen molar-refractivity contribution in [3.63, 3.8) is 0 Å². The van der Waals surface area contributed by atoms with Crippen LogP contribution in [-0.2, 0) is 16.0 Å². The molecule has 2 N–H and O–H groups in total. The summed E-state index contributed by atoms with van der Waals surface area (Å²) >= 11 is 1.17. The summed E-state index contributed by atoms with van der Waals surface area (Å²) in [5, 5.41) is 10.6. The number of esters is 1. The number of ether oxygens (including phenoxy) is 2. The Kier molecular flexibility index (Phi) is 8.11. The van der Waals surface area contributed by atoms with Crippen LogP contribution in [0.15, 0.2) is 4.79 Å². The molecule has 0 fully saturated rings. The molecule has 2 aromatic heterocycles. The van der Waals surface area contributed by atoms with E-state index in [1.165, 1.54) is 11.3 Å². The second kappa shape index (κ2) is 10.1. The third kappa shape index (κ3) is 5.38. The maximum Gasteiger partial charge on any atom is 0.348 e. The molecule has 1 atom stereocenters. The number of aromatic nitrogens is 2. The zero-order valence-electron chi connectivity index (χ0n) is 17.1. The number of nitrogens with one attached hydrogen (secondary N) is 1. The van der Waals surface area contributed by atoms with Crippen molar-refractivity contribution in [2.24, 2.45) is 0 Å². The summed E-state index contributed by atoms with van der Waals surface area (Å²) in [7, 11) is 0. The molecule has 0 spiro atoms. The largest absolute Gasteiger partial charge is 0.462 e. The fraction of sp³-hybridized carbons (Fsp3) is 0.632. The molecular formula is C19H29N3O5S. The van der Waals surface area contributed by atoms with E-state index < -0.39 is 12.1 Å². The van der Waals surface area contributed by atoms with Gasteiger partial charge in [0.15, 0.2) is 0 Å². The van der Waals surface area contributed by atoms with Crippen LogP contribution in [0, 0.1) is 6.92 Å². The van der Waals surface area contributed by atoms with Crippen molar-refractivity contribution < 1.29 is 19.4 Å². The maximum atomic E-state index is 12.6. The summed E-state index contributed by atoms with van der Waals surface area (Å²) in [4.78, 5) is 35.0. The summed E-state index contributed by atoms with van der Waals surface area (Å²) in [6, 6.07) is 0.137. The first-order valence-electron chi connectivity index (χ1n) is 9.47. The summed E-state index contributed by atoms with van der Waals surface area (Å²) in [5.74, 6) is 0.0540. The highest BCUT2D eigenvalue weighted by Gasteiger charge is 2.22. The molecular weight excluding hydrogens is 382 g/mol. The molecule has 0 aliphatic heterocycles. The quantitative estimate of drug-likeness (QED) is 0.577. The van der Waals surface area contributed by atoms with Gasteiger partial charge in [-0.2, -0.15) is 0 Å². The Balaban J connectivity index is 2.28. The van der Waals surface area contributed by atoms with Gasteiger partial charge in [0.1, 0.15) is 15.5 Å². The Morgan fingerprint density at radius 3 is 2.64 bits per heavy atom. The lowest BCUT2D eigenvalue weighted by Gasteiger charge is -2.28. The first-order valence-corrected chi connectivity index (χ1v) is 10.3. The van der Waals surface area contributed by atoms with Gasteiger partial charge in [0.05, 0.1) is 31.2 Å². The van der Waals surface area contributed by atoms with E-state index >= 15 is 0 Å². The van der Waals surface area contributed by atoms with Crippen LogP contribution < -0.4 is 5.56 Å². The van der Waals surface area contributed by atoms with Crippen LogP contribution in [0.25, 0.3) is 10.2 Å². The standard InChI is InChI=1S/C19H29N3O5S/c1-6-26-10-13(23)8-22(11(3)4)9-14-20-17(24)15-12(5)16(19(25)27-7-2)28-18(15)21-14/h11,13,23H,6-10H2,1-5H3,(H,20,21,24)/t13-/m0/s1. The Bertz CT molecular complexity index is 861. The van der Waals surface area contributed by atoms with Crippen LogP contribution in [-0.4, -0.2) is 64.5 Å². The number of aliphatic hydroxyl groups excluding tert-OH is 1. The predicted octanol–water partition coefficient (Wildman–Crippen LogP) is 2.08. The number of rotatable bonds is 10. The van der Waals surface area contributed by atoms with Crippen molar-refractivity contribution in [2.45, 2.75) is 53.3 Å². The van der Waals surface area contributed by atoms with Gasteiger partial charge in [0.25, 0.3) is 5.56 Å². The van der Waals surface area contributed by atoms with E-state index in [0.717, 1.165) is 0 Å². The van der Waals surface area contributed by atoms with Gasteiger partial charge in [-0.25, -0.2) is 9.78 Å². The Hall–Kier alpha value is -1.81. The lowest BCUT2D eigenvalue weighted by atomic mass is 10.2. The van der Waals surface area contributed by atoms with Crippen molar-refractivity contribution in [1.82, 2.24) is 14.9 Å². The smallest absolute Gasteiger partial charge is 0.348 e. The molecule has 0 aromatic carbocycles. The molecule has 8 nitrogen and oxygen atoms in total. The molecule has 0 bridgehead atoms. The average molecular weight is 412 g/mol. The van der Waals surface area contributed by atoms with Gasteiger partial charge in [0, 0.05) is 19.2 Å². The number of aromatic amines is 1. The Morgan fingerprint density at radius 1 is 1.32 bits per heavy atom. The number of carbonyl (C=O) groups excluding carboxylic acids is 1. The molecule has 0 saturated heterocycles. The zero-order chi connectivity index (χ0) is 20.8. The lowest BCUT2D eigenvalue weighted by molar-refractivity contribution is 0.0127. The molecule has 0 amide bonds. The molecule has 2 aromatic rings. The highest BCUT2D eigenvalue weighted by atomic mass is 32.1. The second-order valence-electron chi connectivity index (χ2n) is 6.81. The van der Waals surface area contributed by atoms with Crippen LogP contribution >= 0.6 is 11.3 Å². The van der Waals surface area contributed by atoms with Crippen LogP contribution in [0.4, 0.5) is 0 Å². The van der Waals surface area contributed by atoms with Crippen molar-refractivity contribution in [3.05, 3.63) is 26.6 Å². The lowest BCUT2D eigenvalue weighted by Crippen LogP contribution is -2.39. The minimum absolute atomic E-state index is 0.137. The van der Waals surface area contributed by atoms with E-state index in [1.807, 2.05) is 25.7 Å². The monoisotopic (exact) mass is 411 g/mol. The van der Waals surface area contributed by atoms with Gasteiger partial charge in [-0.05, 0) is 40.2 Å². The Morgan fingerprint density at radius 2 is 2.04 bits per heavy atom. The number of fused-ring (bicyclic) bond motifs is 1. The third-order valence-corrected chi connectivity index (χ3v) is 5.52. The minimum Gasteiger partial charge on any atom is -0.462 e. The molecule has 28 heavy (non-hydrogen) atoms. The number of aliphatic hydroxyl groups is 1. The normalized spacial score (nSPS) is 12.9. The number of nitrogens with zero attached hydrogens (tertiary/aromatic N) is 2. The maximum absolute atomic E-state index is 12.6. The van der Waals surface area contributed by atoms with Gasteiger partial charge in [0.2, 0.25) is 0 Å². The molecule has 156 valence electrons. The highest BCUT2D eigenvalue weighted by Crippen LogP contribution is 2.27. The molecule has 0 saturated carbocycles. The first-order chi connectivity index (χ1) is 13.3. The summed E-state index contributed by atoms with van der Waals surface area (Å²) in [5.41, 5.74) is 0.314. The first kappa shape index (κ1) is 22.5. The predicted molar refractivity (Wildman–Crippen MR) is 109 cm³/mol. The minimum atomic E-state index is -0.628. The van der Waals surface area contributed by atoms with Crippen molar-refractivity contribution in [2.75, 3.05) is 26.4 Å². The third-order valence-electron chi connectivity index (χ3n) is 4.35. The van der Waals surface area contributed by atoms with Gasteiger partial charge in [-0.1, -0.05) is 0 Å². The number of thiophene rings is 1. The van der Waals surface area contributed by atoms with Crippen LogP contribution in [0.5, 0.6) is 0 Å². The van der Waals surface area contributed by atoms with Crippen molar-refractivity contribution in [1.29, 1.82) is 0 Å². The van der Waals surface area contributed by atoms with Crippen molar-refractivity contribution >= 4 is 27.5 Å². The number of H-pyrrole nitrogens is 1. The molecule has 0 radical (unpaired) electrons. The van der Waals surface area contributed by atoms with Crippen LogP contribution in [0.1, 0.15) is 48.8 Å². The molecule has 0 unspecified atom stereocenters. The molecule has 9 heteroatoms. The van der Waals surface area contributed by atoms with E-state index in [2.05, 4.69) is 9.97 Å². The SMILES string of the molecule is CCOC[C@@H](O)CN(Cc1nc2sc(C(=O)OCC)c(C)c2c(=O)[nH]1)C(C)C. The number of aryl methyl sites for hydroxylation is 1. The average Bonchev–Trinajstić information content (AvgIpc) is 2.96. The van der Waals surface area contributed by atoms with Crippen molar-refractivity contribution in [3.8, 4) is 0 Å².